The molecule has 1 amide bonds. The highest BCUT2D eigenvalue weighted by Gasteiger charge is 2.34. The van der Waals surface area contributed by atoms with Gasteiger partial charge in [-0.2, -0.15) is 13.2 Å². The number of thioether (sulfide) groups is 1. The summed E-state index contributed by atoms with van der Waals surface area (Å²) in [6, 6.07) is 12.8. The van der Waals surface area contributed by atoms with Crippen LogP contribution in [0.2, 0.25) is 0 Å². The van der Waals surface area contributed by atoms with Gasteiger partial charge < -0.3 is 4.90 Å². The fourth-order valence-corrected chi connectivity index (χ4v) is 4.43. The van der Waals surface area contributed by atoms with Crippen molar-refractivity contribution < 1.29 is 18.0 Å². The molecule has 0 radical (unpaired) electrons. The van der Waals surface area contributed by atoms with E-state index < -0.39 is 11.7 Å². The van der Waals surface area contributed by atoms with Crippen LogP contribution in [0.15, 0.2) is 48.5 Å². The smallest absolute Gasteiger partial charge is 0.322 e. The summed E-state index contributed by atoms with van der Waals surface area (Å²) >= 11 is 1.50. The monoisotopic (exact) mass is 393 g/mol. The molecule has 1 heterocycles. The number of aryl methyl sites for hydroxylation is 1. The fraction of sp³-hybridized carbons (Fsp3) is 0.381. The number of carbonyl (C=O) groups is 1. The van der Waals surface area contributed by atoms with Crippen LogP contribution in [-0.4, -0.2) is 23.1 Å². The van der Waals surface area contributed by atoms with Crippen molar-refractivity contribution in [2.24, 2.45) is 0 Å². The quantitative estimate of drug-likeness (QED) is 0.627. The van der Waals surface area contributed by atoms with Crippen LogP contribution in [0.5, 0.6) is 0 Å². The van der Waals surface area contributed by atoms with E-state index in [0.717, 1.165) is 31.4 Å². The number of hydrogen-bond acceptors (Lipinski definition) is 2. The van der Waals surface area contributed by atoms with E-state index in [9.17, 15) is 18.0 Å². The first-order chi connectivity index (χ1) is 12.9. The molecule has 0 N–H and O–H groups in total. The van der Waals surface area contributed by atoms with Gasteiger partial charge in [0.05, 0.1) is 5.56 Å². The first-order valence-electron chi connectivity index (χ1n) is 9.09. The molecule has 0 spiro atoms. The molecule has 0 bridgehead atoms. The lowest BCUT2D eigenvalue weighted by atomic mass is 10.1. The van der Waals surface area contributed by atoms with Crippen molar-refractivity contribution in [1.82, 2.24) is 4.90 Å². The Morgan fingerprint density at radius 3 is 2.59 bits per heavy atom. The number of benzene rings is 2. The minimum Gasteiger partial charge on any atom is -0.322 e. The van der Waals surface area contributed by atoms with E-state index in [1.165, 1.54) is 23.4 Å². The molecule has 1 aliphatic rings. The standard InChI is InChI=1S/C21H22F3NOS/c1-2-3-5-15-8-10-16(11-9-15)19(26)25-12-13-27-20(25)17-6-4-7-18(14-17)21(22,23)24/h4,6-11,14,20H,2-3,5,12-13H2,1H3/t20-/m1/s1. The molecule has 0 unspecified atom stereocenters. The third kappa shape index (κ3) is 4.67. The van der Waals surface area contributed by atoms with Crippen LogP contribution in [0.3, 0.4) is 0 Å². The lowest BCUT2D eigenvalue weighted by Crippen LogP contribution is -2.30. The second-order valence-corrected chi connectivity index (χ2v) is 7.83. The van der Waals surface area contributed by atoms with Gasteiger partial charge in [0.15, 0.2) is 0 Å². The zero-order valence-corrected chi connectivity index (χ0v) is 15.9. The van der Waals surface area contributed by atoms with E-state index in [2.05, 4.69) is 6.92 Å². The number of hydrogen-bond donors (Lipinski definition) is 0. The summed E-state index contributed by atoms with van der Waals surface area (Å²) in [5.74, 6) is 0.575. The first kappa shape index (κ1) is 19.8. The Kier molecular flexibility index (Phi) is 6.15. The lowest BCUT2D eigenvalue weighted by Gasteiger charge is -2.25. The Balaban J connectivity index is 1.79. The topological polar surface area (TPSA) is 20.3 Å². The van der Waals surface area contributed by atoms with E-state index in [4.69, 9.17) is 0 Å². The van der Waals surface area contributed by atoms with E-state index in [0.29, 0.717) is 23.4 Å². The van der Waals surface area contributed by atoms with Crippen LogP contribution in [0.4, 0.5) is 13.2 Å². The Hall–Kier alpha value is -1.95. The van der Waals surface area contributed by atoms with Gasteiger partial charge >= 0.3 is 6.18 Å². The predicted octanol–water partition coefficient (Wildman–Crippen LogP) is 5.94. The maximum Gasteiger partial charge on any atom is 0.416 e. The van der Waals surface area contributed by atoms with Crippen molar-refractivity contribution >= 4 is 17.7 Å². The summed E-state index contributed by atoms with van der Waals surface area (Å²) in [5.41, 5.74) is 1.61. The molecule has 1 saturated heterocycles. The van der Waals surface area contributed by atoms with E-state index in [1.54, 1.807) is 11.0 Å². The van der Waals surface area contributed by atoms with Gasteiger partial charge in [0.1, 0.15) is 5.37 Å². The van der Waals surface area contributed by atoms with Gasteiger partial charge in [-0.3, -0.25) is 4.79 Å². The van der Waals surface area contributed by atoms with Crippen LogP contribution in [-0.2, 0) is 12.6 Å². The Labute approximate surface area is 161 Å². The summed E-state index contributed by atoms with van der Waals surface area (Å²) in [5, 5.41) is -0.389. The SMILES string of the molecule is CCCCc1ccc(C(=O)N2CCS[C@@H]2c2cccc(C(F)(F)F)c2)cc1. The molecule has 2 nitrogen and oxygen atoms in total. The highest BCUT2D eigenvalue weighted by molar-refractivity contribution is 7.99. The average Bonchev–Trinajstić information content (AvgIpc) is 3.15. The van der Waals surface area contributed by atoms with E-state index in [1.807, 2.05) is 24.3 Å². The zero-order chi connectivity index (χ0) is 19.4. The summed E-state index contributed by atoms with van der Waals surface area (Å²) in [6.45, 7) is 2.67. The van der Waals surface area contributed by atoms with Crippen molar-refractivity contribution in [2.75, 3.05) is 12.3 Å². The van der Waals surface area contributed by atoms with Crippen molar-refractivity contribution in [3.63, 3.8) is 0 Å². The Morgan fingerprint density at radius 1 is 1.19 bits per heavy atom. The summed E-state index contributed by atoms with van der Waals surface area (Å²) in [6.07, 6.45) is -1.18. The third-order valence-corrected chi connectivity index (χ3v) is 5.93. The highest BCUT2D eigenvalue weighted by atomic mass is 32.2. The molecule has 6 heteroatoms. The minimum absolute atomic E-state index is 0.135. The van der Waals surface area contributed by atoms with Crippen LogP contribution in [0.1, 0.15) is 52.2 Å². The van der Waals surface area contributed by atoms with Gasteiger partial charge in [0.2, 0.25) is 0 Å². The number of halogens is 3. The molecule has 3 rings (SSSR count). The van der Waals surface area contributed by atoms with Crippen molar-refractivity contribution in [2.45, 2.75) is 37.7 Å². The number of carbonyl (C=O) groups excluding carboxylic acids is 1. The van der Waals surface area contributed by atoms with Gasteiger partial charge in [-0.25, -0.2) is 0 Å². The summed E-state index contributed by atoms with van der Waals surface area (Å²) < 4.78 is 39.0. The summed E-state index contributed by atoms with van der Waals surface area (Å²) in [4.78, 5) is 14.6. The van der Waals surface area contributed by atoms with Gasteiger partial charge in [-0.05, 0) is 48.2 Å². The molecule has 1 aliphatic heterocycles. The zero-order valence-electron chi connectivity index (χ0n) is 15.1. The maximum absolute atomic E-state index is 13.0. The predicted molar refractivity (Wildman–Crippen MR) is 103 cm³/mol. The second-order valence-electron chi connectivity index (χ2n) is 6.65. The second kappa shape index (κ2) is 8.38. The van der Waals surface area contributed by atoms with E-state index in [-0.39, 0.29) is 11.3 Å². The van der Waals surface area contributed by atoms with Crippen LogP contribution in [0.25, 0.3) is 0 Å². The number of rotatable bonds is 5. The molecular formula is C21H22F3NOS. The molecule has 2 aromatic rings. The Morgan fingerprint density at radius 2 is 1.93 bits per heavy atom. The molecule has 1 atom stereocenters. The van der Waals surface area contributed by atoms with Gasteiger partial charge in [-0.15, -0.1) is 11.8 Å². The molecule has 27 heavy (non-hydrogen) atoms. The van der Waals surface area contributed by atoms with E-state index >= 15 is 0 Å². The summed E-state index contributed by atoms with van der Waals surface area (Å²) in [7, 11) is 0. The average molecular weight is 393 g/mol. The number of nitrogens with zero attached hydrogens (tertiary/aromatic N) is 1. The van der Waals surface area contributed by atoms with Crippen LogP contribution in [0, 0.1) is 0 Å². The molecule has 0 saturated carbocycles. The largest absolute Gasteiger partial charge is 0.416 e. The minimum atomic E-state index is -4.39. The highest BCUT2D eigenvalue weighted by Crippen LogP contribution is 2.40. The number of unbranched alkanes of at least 4 members (excludes halogenated alkanes) is 1. The molecule has 0 aliphatic carbocycles. The number of amides is 1. The molecule has 0 aromatic heterocycles. The normalized spacial score (nSPS) is 17.3. The lowest BCUT2D eigenvalue weighted by molar-refractivity contribution is -0.137. The Bertz CT molecular complexity index is 789. The maximum atomic E-state index is 13.0. The third-order valence-electron chi connectivity index (χ3n) is 4.67. The van der Waals surface area contributed by atoms with Gasteiger partial charge in [0.25, 0.3) is 5.91 Å². The molecular weight excluding hydrogens is 371 g/mol. The molecule has 1 fully saturated rings. The fourth-order valence-electron chi connectivity index (χ4n) is 3.18. The first-order valence-corrected chi connectivity index (χ1v) is 10.1. The molecule has 144 valence electrons. The van der Waals surface area contributed by atoms with Crippen molar-refractivity contribution in [3.05, 3.63) is 70.8 Å². The van der Waals surface area contributed by atoms with Crippen LogP contribution >= 0.6 is 11.8 Å². The molecule has 2 aromatic carbocycles. The van der Waals surface area contributed by atoms with Crippen molar-refractivity contribution in [3.8, 4) is 0 Å². The van der Waals surface area contributed by atoms with Crippen molar-refractivity contribution in [1.29, 1.82) is 0 Å². The number of alkyl halides is 3. The van der Waals surface area contributed by atoms with Gasteiger partial charge in [-0.1, -0.05) is 37.6 Å². The van der Waals surface area contributed by atoms with Gasteiger partial charge in [0, 0.05) is 17.9 Å². The van der Waals surface area contributed by atoms with Crippen LogP contribution < -0.4 is 0 Å².